The van der Waals surface area contributed by atoms with Gasteiger partial charge >= 0.3 is 5.97 Å². The quantitative estimate of drug-likeness (QED) is 0.573. The Balaban J connectivity index is 1.78. The third kappa shape index (κ3) is 5.04. The van der Waals surface area contributed by atoms with Gasteiger partial charge in [0, 0.05) is 18.3 Å². The van der Waals surface area contributed by atoms with E-state index in [4.69, 9.17) is 14.6 Å². The Morgan fingerprint density at radius 3 is 2.36 bits per heavy atom. The number of aromatic nitrogens is 2. The molecule has 136 valence electrons. The lowest BCUT2D eigenvalue weighted by molar-refractivity contribution is -0.143. The Labute approximate surface area is 146 Å². The lowest BCUT2D eigenvalue weighted by Gasteiger charge is -2.08. The Hall–Kier alpha value is -2.39. The van der Waals surface area contributed by atoms with E-state index in [0.717, 1.165) is 17.0 Å². The maximum Gasteiger partial charge on any atom is 0.310 e. The molecule has 1 aromatic heterocycles. The lowest BCUT2D eigenvalue weighted by atomic mass is 10.1. The van der Waals surface area contributed by atoms with E-state index in [1.807, 2.05) is 20.9 Å². The average molecular weight is 367 g/mol. The largest absolute Gasteiger partial charge is 0.490 e. The molecule has 0 bridgehead atoms. The summed E-state index contributed by atoms with van der Waals surface area (Å²) in [7, 11) is -1.90. The van der Waals surface area contributed by atoms with Crippen LogP contribution in [-0.4, -0.2) is 37.4 Å². The summed E-state index contributed by atoms with van der Waals surface area (Å²) in [5.41, 5.74) is 2.61. The smallest absolute Gasteiger partial charge is 0.310 e. The molecule has 0 fully saturated rings. The zero-order chi connectivity index (χ0) is 18.6. The number of hydrogen-bond donors (Lipinski definition) is 1. The third-order valence-corrected chi connectivity index (χ3v) is 4.68. The van der Waals surface area contributed by atoms with Crippen LogP contribution >= 0.6 is 0 Å². The molecule has 0 aliphatic heterocycles. The number of ether oxygens (including phenoxy) is 2. The summed E-state index contributed by atoms with van der Waals surface area (Å²) >= 11 is 0. The molecular weight excluding hydrogens is 346 g/mol. The van der Waals surface area contributed by atoms with Crippen LogP contribution < -0.4 is 9.88 Å². The van der Waals surface area contributed by atoms with Gasteiger partial charge in [0.1, 0.15) is 19.0 Å². The topological polar surface area (TPSA) is 114 Å². The maximum atomic E-state index is 11.9. The molecule has 0 radical (unpaired) electrons. The third-order valence-electron chi connectivity index (χ3n) is 3.75. The van der Waals surface area contributed by atoms with E-state index in [2.05, 4.69) is 5.10 Å². The Morgan fingerprint density at radius 1 is 1.20 bits per heavy atom. The van der Waals surface area contributed by atoms with Crippen molar-refractivity contribution < 1.29 is 22.7 Å². The second-order valence-corrected chi connectivity index (χ2v) is 7.10. The second kappa shape index (κ2) is 7.66. The highest BCUT2D eigenvalue weighted by Crippen LogP contribution is 2.15. The summed E-state index contributed by atoms with van der Waals surface area (Å²) in [6, 6.07) is 5.68. The van der Waals surface area contributed by atoms with E-state index in [9.17, 15) is 13.2 Å². The van der Waals surface area contributed by atoms with E-state index in [-0.39, 0.29) is 30.5 Å². The SMILES string of the molecule is Cc1nn(C)c(C)c1CC(=O)OCCOc1ccc(S(N)(=O)=O)cc1. The van der Waals surface area contributed by atoms with Gasteiger partial charge in [0.2, 0.25) is 10.0 Å². The van der Waals surface area contributed by atoms with Crippen molar-refractivity contribution in [2.24, 2.45) is 12.2 Å². The summed E-state index contributed by atoms with van der Waals surface area (Å²) < 4.78 is 34.6. The number of carbonyl (C=O) groups is 1. The number of hydrogen-bond acceptors (Lipinski definition) is 6. The average Bonchev–Trinajstić information content (AvgIpc) is 2.77. The van der Waals surface area contributed by atoms with Gasteiger partial charge < -0.3 is 9.47 Å². The standard InChI is InChI=1S/C16H21N3O5S/c1-11-15(12(2)19(3)18-11)10-16(20)24-9-8-23-13-4-6-14(7-5-13)25(17,21)22/h4-7H,8-10H2,1-3H3,(H2,17,21,22). The Bertz CT molecular complexity index is 857. The van der Waals surface area contributed by atoms with Crippen LogP contribution in [0.2, 0.25) is 0 Å². The summed E-state index contributed by atoms with van der Waals surface area (Å²) in [4.78, 5) is 11.9. The number of rotatable bonds is 7. The molecule has 0 unspecified atom stereocenters. The van der Waals surface area contributed by atoms with E-state index in [1.54, 1.807) is 4.68 Å². The predicted molar refractivity (Wildman–Crippen MR) is 90.7 cm³/mol. The van der Waals surface area contributed by atoms with Crippen molar-refractivity contribution in [2.75, 3.05) is 13.2 Å². The first kappa shape index (κ1) is 18.9. The summed E-state index contributed by atoms with van der Waals surface area (Å²) in [5.74, 6) is 0.106. The fourth-order valence-electron chi connectivity index (χ4n) is 2.31. The van der Waals surface area contributed by atoms with Crippen LogP contribution in [0.1, 0.15) is 17.0 Å². The molecule has 8 nitrogen and oxygen atoms in total. The molecule has 0 aliphatic carbocycles. The molecule has 2 aromatic rings. The monoisotopic (exact) mass is 367 g/mol. The fraction of sp³-hybridized carbons (Fsp3) is 0.375. The normalized spacial score (nSPS) is 11.4. The number of nitrogens with two attached hydrogens (primary N) is 1. The van der Waals surface area contributed by atoms with Crippen molar-refractivity contribution in [3.8, 4) is 5.75 Å². The molecule has 9 heteroatoms. The second-order valence-electron chi connectivity index (χ2n) is 5.54. The van der Waals surface area contributed by atoms with E-state index < -0.39 is 10.0 Å². The fourth-order valence-corrected chi connectivity index (χ4v) is 2.82. The summed E-state index contributed by atoms with van der Waals surface area (Å²) in [6.45, 7) is 4.00. The highest BCUT2D eigenvalue weighted by molar-refractivity contribution is 7.89. The van der Waals surface area contributed by atoms with Gasteiger partial charge in [-0.1, -0.05) is 0 Å². The molecule has 2 N–H and O–H groups in total. The number of sulfonamides is 1. The first-order chi connectivity index (χ1) is 11.7. The van der Waals surface area contributed by atoms with E-state index >= 15 is 0 Å². The van der Waals surface area contributed by atoms with Gasteiger partial charge in [-0.15, -0.1) is 0 Å². The van der Waals surface area contributed by atoms with Crippen LogP contribution in [-0.2, 0) is 33.0 Å². The van der Waals surface area contributed by atoms with Crippen LogP contribution in [0.3, 0.4) is 0 Å². The van der Waals surface area contributed by atoms with E-state index in [1.165, 1.54) is 24.3 Å². The first-order valence-corrected chi connectivity index (χ1v) is 9.13. The van der Waals surface area contributed by atoms with Gasteiger partial charge in [0.15, 0.2) is 0 Å². The molecule has 25 heavy (non-hydrogen) atoms. The number of nitrogens with zero attached hydrogens (tertiary/aromatic N) is 2. The first-order valence-electron chi connectivity index (χ1n) is 7.59. The zero-order valence-electron chi connectivity index (χ0n) is 14.4. The van der Waals surface area contributed by atoms with Crippen LogP contribution in [0.4, 0.5) is 0 Å². The minimum Gasteiger partial charge on any atom is -0.490 e. The molecular formula is C16H21N3O5S. The Morgan fingerprint density at radius 2 is 1.84 bits per heavy atom. The minimum absolute atomic E-state index is 0.00786. The number of primary sulfonamides is 1. The van der Waals surface area contributed by atoms with Crippen LogP contribution in [0.15, 0.2) is 29.2 Å². The molecule has 0 saturated heterocycles. The number of aryl methyl sites for hydroxylation is 2. The Kier molecular flexibility index (Phi) is 5.81. The number of esters is 1. The van der Waals surface area contributed by atoms with Crippen molar-refractivity contribution in [3.05, 3.63) is 41.2 Å². The van der Waals surface area contributed by atoms with Gasteiger partial charge in [-0.2, -0.15) is 5.10 Å². The van der Waals surface area contributed by atoms with Crippen LogP contribution in [0.5, 0.6) is 5.75 Å². The lowest BCUT2D eigenvalue weighted by Crippen LogP contribution is -2.15. The highest BCUT2D eigenvalue weighted by atomic mass is 32.2. The molecule has 1 heterocycles. The molecule has 0 aliphatic rings. The van der Waals surface area contributed by atoms with Crippen molar-refractivity contribution in [3.63, 3.8) is 0 Å². The minimum atomic E-state index is -3.72. The van der Waals surface area contributed by atoms with Gasteiger partial charge in [-0.3, -0.25) is 9.48 Å². The van der Waals surface area contributed by atoms with Crippen molar-refractivity contribution in [2.45, 2.75) is 25.2 Å². The van der Waals surface area contributed by atoms with Crippen molar-refractivity contribution in [1.29, 1.82) is 0 Å². The maximum absolute atomic E-state index is 11.9. The van der Waals surface area contributed by atoms with Gasteiger partial charge in [-0.25, -0.2) is 13.6 Å². The molecule has 0 spiro atoms. The van der Waals surface area contributed by atoms with Gasteiger partial charge in [-0.05, 0) is 38.1 Å². The number of carbonyl (C=O) groups excluding carboxylic acids is 1. The van der Waals surface area contributed by atoms with Gasteiger partial charge in [0.05, 0.1) is 17.0 Å². The van der Waals surface area contributed by atoms with E-state index in [0.29, 0.717) is 5.75 Å². The van der Waals surface area contributed by atoms with Crippen LogP contribution in [0, 0.1) is 13.8 Å². The molecule has 0 saturated carbocycles. The van der Waals surface area contributed by atoms with Crippen molar-refractivity contribution >= 4 is 16.0 Å². The molecule has 0 amide bonds. The molecule has 2 rings (SSSR count). The highest BCUT2D eigenvalue weighted by Gasteiger charge is 2.14. The van der Waals surface area contributed by atoms with Gasteiger partial charge in [0.25, 0.3) is 0 Å². The predicted octanol–water partition coefficient (Wildman–Crippen LogP) is 0.849. The zero-order valence-corrected chi connectivity index (χ0v) is 15.2. The summed E-state index contributed by atoms with van der Waals surface area (Å²) in [5, 5.41) is 9.27. The molecule has 1 aromatic carbocycles. The number of benzene rings is 1. The van der Waals surface area contributed by atoms with Crippen LogP contribution in [0.25, 0.3) is 0 Å². The summed E-state index contributed by atoms with van der Waals surface area (Å²) in [6.07, 6.45) is 0.161. The molecule has 0 atom stereocenters. The van der Waals surface area contributed by atoms with Crippen molar-refractivity contribution in [1.82, 2.24) is 9.78 Å².